The van der Waals surface area contributed by atoms with Crippen LogP contribution in [0.4, 0.5) is 6.01 Å². The zero-order valence-electron chi connectivity index (χ0n) is 21.2. The topological polar surface area (TPSA) is 95.3 Å². The Morgan fingerprint density at radius 2 is 1.94 bits per heavy atom. The molecule has 1 N–H and O–H groups in total. The fourth-order valence-corrected chi connectivity index (χ4v) is 4.37. The molecule has 0 saturated carbocycles. The van der Waals surface area contributed by atoms with Gasteiger partial charge in [0.05, 0.1) is 27.4 Å². The highest BCUT2D eigenvalue weighted by Crippen LogP contribution is 2.32. The Balaban J connectivity index is 1.54. The van der Waals surface area contributed by atoms with Crippen LogP contribution in [0.15, 0.2) is 40.8 Å². The standard InChI is InChI=1S/C27H35N3O6/c1-4-34-25-16-19(7-9-24(25)32-2)18-30(20-11-13-28-14-12-20)27-29-22-17-21(8-10-23(22)36-27)35-15-5-6-26(31)33-3/h7-10,16-17,20,28H,4-6,11-15,18H2,1-3H3. The molecule has 0 aliphatic carbocycles. The largest absolute Gasteiger partial charge is 0.493 e. The minimum Gasteiger partial charge on any atom is -0.493 e. The molecule has 194 valence electrons. The Labute approximate surface area is 211 Å². The smallest absolute Gasteiger partial charge is 0.305 e. The molecular weight excluding hydrogens is 462 g/mol. The summed E-state index contributed by atoms with van der Waals surface area (Å²) in [4.78, 5) is 18.4. The van der Waals surface area contributed by atoms with Crippen LogP contribution < -0.4 is 24.4 Å². The maximum Gasteiger partial charge on any atom is 0.305 e. The third-order valence-electron chi connectivity index (χ3n) is 6.25. The molecule has 0 amide bonds. The van der Waals surface area contributed by atoms with Crippen LogP contribution in [0.1, 0.15) is 38.2 Å². The second-order valence-corrected chi connectivity index (χ2v) is 8.68. The quantitative estimate of drug-likeness (QED) is 0.290. The Hall–Kier alpha value is -3.46. The van der Waals surface area contributed by atoms with Crippen LogP contribution in [-0.2, 0) is 16.1 Å². The monoisotopic (exact) mass is 497 g/mol. The first-order valence-corrected chi connectivity index (χ1v) is 12.5. The molecule has 3 aromatic rings. The van der Waals surface area contributed by atoms with Crippen molar-refractivity contribution in [2.24, 2.45) is 0 Å². The van der Waals surface area contributed by atoms with E-state index in [1.54, 1.807) is 7.11 Å². The number of hydrogen-bond donors (Lipinski definition) is 1. The van der Waals surface area contributed by atoms with Gasteiger partial charge in [-0.1, -0.05) is 6.07 Å². The van der Waals surface area contributed by atoms with Gasteiger partial charge in [0.1, 0.15) is 11.3 Å². The molecule has 1 fully saturated rings. The fourth-order valence-electron chi connectivity index (χ4n) is 4.37. The maximum absolute atomic E-state index is 11.3. The Kier molecular flexibility index (Phi) is 8.89. The van der Waals surface area contributed by atoms with Gasteiger partial charge in [-0.05, 0) is 69.1 Å². The van der Waals surface area contributed by atoms with Gasteiger partial charge in [0.15, 0.2) is 17.1 Å². The zero-order chi connectivity index (χ0) is 25.3. The number of methoxy groups -OCH3 is 2. The van der Waals surface area contributed by atoms with E-state index in [4.69, 9.17) is 23.6 Å². The summed E-state index contributed by atoms with van der Waals surface area (Å²) >= 11 is 0. The number of nitrogens with one attached hydrogen (secondary N) is 1. The van der Waals surface area contributed by atoms with Crippen molar-refractivity contribution in [1.82, 2.24) is 10.3 Å². The van der Waals surface area contributed by atoms with Gasteiger partial charge >= 0.3 is 5.97 Å². The molecule has 0 unspecified atom stereocenters. The molecule has 9 nitrogen and oxygen atoms in total. The second-order valence-electron chi connectivity index (χ2n) is 8.68. The average molecular weight is 498 g/mol. The average Bonchev–Trinajstić information content (AvgIpc) is 3.33. The van der Waals surface area contributed by atoms with Crippen LogP contribution in [0.3, 0.4) is 0 Å². The molecular formula is C27H35N3O6. The lowest BCUT2D eigenvalue weighted by molar-refractivity contribution is -0.140. The molecule has 0 radical (unpaired) electrons. The van der Waals surface area contributed by atoms with Crippen molar-refractivity contribution in [3.05, 3.63) is 42.0 Å². The number of oxazole rings is 1. The van der Waals surface area contributed by atoms with Crippen LogP contribution in [0.2, 0.25) is 0 Å². The van der Waals surface area contributed by atoms with Crippen molar-refractivity contribution in [2.45, 2.75) is 45.2 Å². The van der Waals surface area contributed by atoms with Crippen LogP contribution in [0, 0.1) is 0 Å². The van der Waals surface area contributed by atoms with E-state index in [1.807, 2.05) is 37.3 Å². The lowest BCUT2D eigenvalue weighted by atomic mass is 10.0. The molecule has 0 spiro atoms. The first kappa shape index (κ1) is 25.6. The van der Waals surface area contributed by atoms with Gasteiger partial charge in [0.25, 0.3) is 6.01 Å². The lowest BCUT2D eigenvalue weighted by Crippen LogP contribution is -2.43. The highest BCUT2D eigenvalue weighted by Gasteiger charge is 2.26. The van der Waals surface area contributed by atoms with Crippen LogP contribution in [0.5, 0.6) is 17.2 Å². The predicted molar refractivity (Wildman–Crippen MR) is 137 cm³/mol. The summed E-state index contributed by atoms with van der Waals surface area (Å²) in [6.45, 7) is 5.50. The van der Waals surface area contributed by atoms with E-state index in [0.717, 1.165) is 48.5 Å². The molecule has 1 saturated heterocycles. The van der Waals surface area contributed by atoms with Crippen molar-refractivity contribution in [1.29, 1.82) is 0 Å². The molecule has 36 heavy (non-hydrogen) atoms. The Morgan fingerprint density at radius 1 is 1.11 bits per heavy atom. The number of anilines is 1. The number of carbonyl (C=O) groups excluding carboxylic acids is 1. The number of hydrogen-bond acceptors (Lipinski definition) is 9. The van der Waals surface area contributed by atoms with Crippen LogP contribution >= 0.6 is 0 Å². The second kappa shape index (κ2) is 12.5. The van der Waals surface area contributed by atoms with E-state index < -0.39 is 0 Å². The third-order valence-corrected chi connectivity index (χ3v) is 6.25. The third kappa shape index (κ3) is 6.40. The predicted octanol–water partition coefficient (Wildman–Crippen LogP) is 4.33. The van der Waals surface area contributed by atoms with Crippen molar-refractivity contribution < 1.29 is 28.2 Å². The number of aromatic nitrogens is 1. The van der Waals surface area contributed by atoms with Crippen LogP contribution in [-0.4, -0.2) is 57.5 Å². The number of ether oxygens (including phenoxy) is 4. The molecule has 0 atom stereocenters. The summed E-state index contributed by atoms with van der Waals surface area (Å²) in [7, 11) is 3.03. The van der Waals surface area contributed by atoms with Crippen molar-refractivity contribution in [2.75, 3.05) is 45.4 Å². The number of piperidine rings is 1. The first-order valence-electron chi connectivity index (χ1n) is 12.5. The molecule has 2 heterocycles. The van der Waals surface area contributed by atoms with Crippen molar-refractivity contribution >= 4 is 23.1 Å². The van der Waals surface area contributed by atoms with Crippen LogP contribution in [0.25, 0.3) is 11.1 Å². The highest BCUT2D eigenvalue weighted by molar-refractivity contribution is 5.76. The molecule has 1 aromatic heterocycles. The van der Waals surface area contributed by atoms with E-state index in [9.17, 15) is 4.79 Å². The number of benzene rings is 2. The number of fused-ring (bicyclic) bond motifs is 1. The lowest BCUT2D eigenvalue weighted by Gasteiger charge is -2.33. The molecule has 2 aromatic carbocycles. The van der Waals surface area contributed by atoms with Gasteiger partial charge in [-0.25, -0.2) is 0 Å². The van der Waals surface area contributed by atoms with E-state index in [0.29, 0.717) is 56.0 Å². The molecule has 9 heteroatoms. The molecule has 0 bridgehead atoms. The zero-order valence-corrected chi connectivity index (χ0v) is 21.2. The van der Waals surface area contributed by atoms with Gasteiger partial charge in [-0.3, -0.25) is 4.79 Å². The minimum absolute atomic E-state index is 0.238. The number of esters is 1. The number of carbonyl (C=O) groups is 1. The number of nitrogens with zero attached hydrogens (tertiary/aromatic N) is 2. The summed E-state index contributed by atoms with van der Waals surface area (Å²) in [5.41, 5.74) is 2.53. The SMILES string of the molecule is CCOc1cc(CN(c2nc3cc(OCCCC(=O)OC)ccc3o2)C2CCNCC2)ccc1OC. The summed E-state index contributed by atoms with van der Waals surface area (Å²) < 4.78 is 27.9. The van der Waals surface area contributed by atoms with Gasteiger partial charge < -0.3 is 33.6 Å². The van der Waals surface area contributed by atoms with E-state index >= 15 is 0 Å². The molecule has 4 rings (SSSR count). The summed E-state index contributed by atoms with van der Waals surface area (Å²) in [6, 6.07) is 12.5. The molecule has 1 aliphatic heterocycles. The molecule has 1 aliphatic rings. The fraction of sp³-hybridized carbons (Fsp3) is 0.481. The van der Waals surface area contributed by atoms with Gasteiger partial charge in [-0.2, -0.15) is 4.98 Å². The van der Waals surface area contributed by atoms with E-state index in [2.05, 4.69) is 21.0 Å². The minimum atomic E-state index is -0.238. The van der Waals surface area contributed by atoms with Gasteiger partial charge in [0, 0.05) is 25.1 Å². The normalized spacial score (nSPS) is 14.0. The van der Waals surface area contributed by atoms with Crippen molar-refractivity contribution in [3.8, 4) is 17.2 Å². The summed E-state index contributed by atoms with van der Waals surface area (Å²) in [5.74, 6) is 1.90. The van der Waals surface area contributed by atoms with E-state index in [-0.39, 0.29) is 5.97 Å². The maximum atomic E-state index is 11.3. The highest BCUT2D eigenvalue weighted by atomic mass is 16.5. The van der Waals surface area contributed by atoms with Crippen molar-refractivity contribution in [3.63, 3.8) is 0 Å². The van der Waals surface area contributed by atoms with Gasteiger partial charge in [0.2, 0.25) is 0 Å². The van der Waals surface area contributed by atoms with E-state index in [1.165, 1.54) is 7.11 Å². The van der Waals surface area contributed by atoms with Gasteiger partial charge in [-0.15, -0.1) is 0 Å². The first-order chi connectivity index (χ1) is 17.6. The Morgan fingerprint density at radius 3 is 2.69 bits per heavy atom. The summed E-state index contributed by atoms with van der Waals surface area (Å²) in [6.07, 6.45) is 2.92. The number of rotatable bonds is 12. The Bertz CT molecular complexity index is 1140. The summed E-state index contributed by atoms with van der Waals surface area (Å²) in [5, 5.41) is 3.44.